The zero-order valence-electron chi connectivity index (χ0n) is 34.2. The molecule has 0 atom stereocenters. The lowest BCUT2D eigenvalue weighted by Gasteiger charge is -2.58. The van der Waals surface area contributed by atoms with Gasteiger partial charge in [-0.1, -0.05) is 30.3 Å². The Hall–Kier alpha value is -6.41. The standard InChI is InChI=1S/C46H48F2N8O4/c1-46(2,3)56(33-17-23-54(24-18-33)45(58)59)25-19-29(20-26-56)30-14-15-36(38(28-30)60-4)50-44-49-21-16-37(51-44)42-40(52-39-13-5-6-22-55(39)42)31-9-7-10-32(27-31)43(57)53-41-34(47)11-8-12-35(41)48/h5-16,21-22,27-29,33H,17-20,23-26H2,1-4H3,(H2-,49,50,51,53,57,58,59)/p+1. The number of likely N-dealkylation sites (tertiary alicyclic amines) is 2. The smallest absolute Gasteiger partial charge is 0.407 e. The summed E-state index contributed by atoms with van der Waals surface area (Å²) < 4.78 is 37.6. The summed E-state index contributed by atoms with van der Waals surface area (Å²) in [5, 5.41) is 15.3. The fourth-order valence-electron chi connectivity index (χ4n) is 9.29. The van der Waals surface area contributed by atoms with Crippen LogP contribution in [0.5, 0.6) is 5.75 Å². The van der Waals surface area contributed by atoms with Crippen LogP contribution in [0.3, 0.4) is 0 Å². The van der Waals surface area contributed by atoms with E-state index in [1.54, 1.807) is 42.5 Å². The van der Waals surface area contributed by atoms with Crippen molar-refractivity contribution in [2.24, 2.45) is 0 Å². The maximum atomic E-state index is 14.4. The number of quaternary nitrogens is 1. The molecule has 5 heterocycles. The summed E-state index contributed by atoms with van der Waals surface area (Å²) >= 11 is 0. The van der Waals surface area contributed by atoms with Gasteiger partial charge in [0, 0.05) is 62.3 Å². The van der Waals surface area contributed by atoms with Gasteiger partial charge in [-0.15, -0.1) is 0 Å². The van der Waals surface area contributed by atoms with Crippen molar-refractivity contribution in [3.05, 3.63) is 120 Å². The molecule has 2 saturated heterocycles. The Morgan fingerprint density at radius 2 is 1.62 bits per heavy atom. The van der Waals surface area contributed by atoms with Crippen LogP contribution >= 0.6 is 0 Å². The van der Waals surface area contributed by atoms with Crippen molar-refractivity contribution in [3.8, 4) is 28.4 Å². The monoisotopic (exact) mass is 815 g/mol. The molecule has 2 fully saturated rings. The number of nitrogens with one attached hydrogen (secondary N) is 2. The number of aromatic nitrogens is 4. The first-order valence-corrected chi connectivity index (χ1v) is 20.3. The van der Waals surface area contributed by atoms with Gasteiger partial charge in [0.05, 0.1) is 54.5 Å². The summed E-state index contributed by atoms with van der Waals surface area (Å²) in [7, 11) is 1.65. The second-order valence-electron chi connectivity index (χ2n) is 16.6. The Morgan fingerprint density at radius 1 is 0.883 bits per heavy atom. The van der Waals surface area contributed by atoms with Crippen LogP contribution in [-0.4, -0.2) is 90.7 Å². The van der Waals surface area contributed by atoms with E-state index >= 15 is 0 Å². The number of imidazole rings is 1. The first-order valence-electron chi connectivity index (χ1n) is 20.3. The zero-order valence-corrected chi connectivity index (χ0v) is 34.2. The normalized spacial score (nSPS) is 18.6. The van der Waals surface area contributed by atoms with Crippen LogP contribution in [0, 0.1) is 11.6 Å². The van der Waals surface area contributed by atoms with E-state index in [1.165, 1.54) is 11.6 Å². The van der Waals surface area contributed by atoms with Crippen LogP contribution in [0.1, 0.15) is 68.3 Å². The first kappa shape index (κ1) is 40.4. The third-order valence-electron chi connectivity index (χ3n) is 12.5. The largest absolute Gasteiger partial charge is 0.495 e. The number of hydrogen-bond donors (Lipinski definition) is 3. The van der Waals surface area contributed by atoms with E-state index in [1.807, 2.05) is 40.9 Å². The molecule has 0 saturated carbocycles. The molecule has 60 heavy (non-hydrogen) atoms. The summed E-state index contributed by atoms with van der Waals surface area (Å²) in [6.07, 6.45) is 6.54. The molecule has 0 unspecified atom stereocenters. The van der Waals surface area contributed by atoms with Gasteiger partial charge in [-0.2, -0.15) is 0 Å². The SMILES string of the molecule is COc1cc(C2CC[N+](C3CCN(C(=O)O)CC3)(C(C)(C)C)CC2)ccc1Nc1nccc(-c2c(-c3cccc(C(=O)Nc4c(F)cccc4F)c3)nc3ccccn23)n1. The molecule has 0 spiro atoms. The molecule has 14 heteroatoms. The zero-order chi connectivity index (χ0) is 42.2. The summed E-state index contributed by atoms with van der Waals surface area (Å²) in [6.45, 7) is 10.2. The van der Waals surface area contributed by atoms with Crippen molar-refractivity contribution in [1.82, 2.24) is 24.3 Å². The molecule has 3 N–H and O–H groups in total. The number of carbonyl (C=O) groups excluding carboxylic acids is 1. The summed E-state index contributed by atoms with van der Waals surface area (Å²) in [6, 6.07) is 24.2. The molecule has 0 aliphatic carbocycles. The van der Waals surface area contributed by atoms with Gasteiger partial charge in [0.1, 0.15) is 28.7 Å². The number of carboxylic acid groups (broad SMARTS) is 1. The van der Waals surface area contributed by atoms with Crippen molar-refractivity contribution < 1.29 is 32.7 Å². The average molecular weight is 816 g/mol. The van der Waals surface area contributed by atoms with Crippen molar-refractivity contribution in [3.63, 3.8) is 0 Å². The second-order valence-corrected chi connectivity index (χ2v) is 16.6. The predicted octanol–water partition coefficient (Wildman–Crippen LogP) is 9.38. The molecular formula is C46H49F2N8O4+. The predicted molar refractivity (Wildman–Crippen MR) is 227 cm³/mol. The minimum absolute atomic E-state index is 0.0395. The number of benzene rings is 3. The van der Waals surface area contributed by atoms with Gasteiger partial charge in [-0.25, -0.2) is 28.5 Å². The van der Waals surface area contributed by atoms with Gasteiger partial charge in [-0.05, 0) is 86.8 Å². The number of rotatable bonds is 9. The van der Waals surface area contributed by atoms with Crippen LogP contribution in [0.4, 0.5) is 30.9 Å². The van der Waals surface area contributed by atoms with Gasteiger partial charge in [0.2, 0.25) is 5.95 Å². The van der Waals surface area contributed by atoms with E-state index in [4.69, 9.17) is 14.7 Å². The van der Waals surface area contributed by atoms with Gasteiger partial charge in [0.15, 0.2) is 0 Å². The van der Waals surface area contributed by atoms with Crippen molar-refractivity contribution in [2.45, 2.75) is 64.0 Å². The number of amides is 2. The van der Waals surface area contributed by atoms with E-state index < -0.39 is 29.3 Å². The number of ether oxygens (including phenoxy) is 1. The molecular weight excluding hydrogens is 767 g/mol. The average Bonchev–Trinajstić information content (AvgIpc) is 3.65. The number of hydrogen-bond acceptors (Lipinski definition) is 7. The number of nitrogens with zero attached hydrogens (tertiary/aromatic N) is 6. The van der Waals surface area contributed by atoms with Crippen LogP contribution in [0.2, 0.25) is 0 Å². The highest BCUT2D eigenvalue weighted by Gasteiger charge is 2.49. The number of fused-ring (bicyclic) bond motifs is 1. The Kier molecular flexibility index (Phi) is 11.0. The Balaban J connectivity index is 1.03. The third kappa shape index (κ3) is 7.74. The Labute approximate surface area is 347 Å². The number of para-hydroxylation sites is 1. The van der Waals surface area contributed by atoms with Crippen LogP contribution in [0.15, 0.2) is 97.3 Å². The van der Waals surface area contributed by atoms with Crippen LogP contribution < -0.4 is 15.4 Å². The van der Waals surface area contributed by atoms with Crippen molar-refractivity contribution in [1.29, 1.82) is 0 Å². The lowest BCUT2D eigenvalue weighted by molar-refractivity contribution is -0.997. The number of anilines is 3. The Bertz CT molecular complexity index is 2540. The highest BCUT2D eigenvalue weighted by molar-refractivity contribution is 6.05. The highest BCUT2D eigenvalue weighted by atomic mass is 19.1. The maximum Gasteiger partial charge on any atom is 0.407 e. The topological polar surface area (TPSA) is 134 Å². The fourth-order valence-corrected chi connectivity index (χ4v) is 9.29. The fraction of sp³-hybridized carbons (Fsp3) is 0.326. The molecule has 0 bridgehead atoms. The van der Waals surface area contributed by atoms with Crippen molar-refractivity contribution >= 4 is 35.0 Å². The number of piperidine rings is 2. The molecule has 0 radical (unpaired) electrons. The van der Waals surface area contributed by atoms with Crippen molar-refractivity contribution in [2.75, 3.05) is 43.9 Å². The minimum atomic E-state index is -0.871. The molecule has 310 valence electrons. The lowest BCUT2D eigenvalue weighted by Crippen LogP contribution is -2.69. The molecule has 6 aromatic rings. The first-order chi connectivity index (χ1) is 28.8. The van der Waals surface area contributed by atoms with Gasteiger partial charge in [-0.3, -0.25) is 9.20 Å². The summed E-state index contributed by atoms with van der Waals surface area (Å²) in [4.78, 5) is 40.8. The number of halogens is 2. The van der Waals surface area contributed by atoms with Gasteiger partial charge < -0.3 is 29.9 Å². The molecule has 2 amide bonds. The maximum absolute atomic E-state index is 14.4. The Morgan fingerprint density at radius 3 is 2.32 bits per heavy atom. The highest BCUT2D eigenvalue weighted by Crippen LogP contribution is 2.43. The van der Waals surface area contributed by atoms with Gasteiger partial charge in [0.25, 0.3) is 5.91 Å². The molecule has 3 aromatic heterocycles. The van der Waals surface area contributed by atoms with E-state index in [0.29, 0.717) is 70.7 Å². The molecule has 2 aliphatic rings. The minimum Gasteiger partial charge on any atom is -0.495 e. The van der Waals surface area contributed by atoms with E-state index in [2.05, 4.69) is 48.5 Å². The van der Waals surface area contributed by atoms with Gasteiger partial charge >= 0.3 is 6.09 Å². The quantitative estimate of drug-likeness (QED) is 0.123. The number of methoxy groups -OCH3 is 1. The molecule has 3 aromatic carbocycles. The van der Waals surface area contributed by atoms with E-state index in [-0.39, 0.29) is 11.1 Å². The lowest BCUT2D eigenvalue weighted by atomic mass is 9.81. The summed E-state index contributed by atoms with van der Waals surface area (Å²) in [5.74, 6) is -1.04. The van der Waals surface area contributed by atoms with E-state index in [9.17, 15) is 23.5 Å². The van der Waals surface area contributed by atoms with E-state index in [0.717, 1.165) is 55.4 Å². The number of pyridine rings is 1. The second kappa shape index (κ2) is 16.3. The molecule has 2 aliphatic heterocycles. The third-order valence-corrected chi connectivity index (χ3v) is 12.5. The van der Waals surface area contributed by atoms with Crippen LogP contribution in [-0.2, 0) is 0 Å². The number of carbonyl (C=O) groups is 2. The summed E-state index contributed by atoms with van der Waals surface area (Å²) in [5.41, 5.74) is 4.67. The molecule has 12 nitrogen and oxygen atoms in total. The van der Waals surface area contributed by atoms with Crippen LogP contribution in [0.25, 0.3) is 28.3 Å². The molecule has 8 rings (SSSR count).